The van der Waals surface area contributed by atoms with Gasteiger partial charge in [-0.2, -0.15) is 0 Å². The molecule has 1 aromatic rings. The van der Waals surface area contributed by atoms with E-state index < -0.39 is 17.5 Å². The largest absolute Gasteiger partial charge is 0.463 e. The van der Waals surface area contributed by atoms with Gasteiger partial charge in [0.25, 0.3) is 0 Å². The van der Waals surface area contributed by atoms with Crippen LogP contribution in [0.5, 0.6) is 0 Å². The molecule has 0 aliphatic rings. The van der Waals surface area contributed by atoms with E-state index in [4.69, 9.17) is 14.2 Å². The van der Waals surface area contributed by atoms with Crippen molar-refractivity contribution in [1.82, 2.24) is 0 Å². The Labute approximate surface area is 130 Å². The van der Waals surface area contributed by atoms with Crippen LogP contribution in [0.1, 0.15) is 25.8 Å². The lowest BCUT2D eigenvalue weighted by molar-refractivity contribution is -0.162. The van der Waals surface area contributed by atoms with Gasteiger partial charge in [0, 0.05) is 20.3 Å². The van der Waals surface area contributed by atoms with Gasteiger partial charge in [-0.25, -0.2) is 0 Å². The fourth-order valence-corrected chi connectivity index (χ4v) is 1.68. The van der Waals surface area contributed by atoms with Gasteiger partial charge in [-0.05, 0) is 5.56 Å². The topological polar surface area (TPSA) is 82.1 Å². The summed E-state index contributed by atoms with van der Waals surface area (Å²) in [5.74, 6) is -1.02. The van der Waals surface area contributed by atoms with E-state index in [-0.39, 0.29) is 26.2 Å². The third kappa shape index (κ3) is 7.75. The van der Waals surface area contributed by atoms with E-state index in [0.717, 1.165) is 5.56 Å². The minimum Gasteiger partial charge on any atom is -0.463 e. The number of carbonyl (C=O) groups excluding carboxylic acids is 2. The molecule has 1 rings (SSSR count). The Bertz CT molecular complexity index is 453. The van der Waals surface area contributed by atoms with Crippen molar-refractivity contribution in [2.45, 2.75) is 32.5 Å². The van der Waals surface area contributed by atoms with Gasteiger partial charge in [-0.3, -0.25) is 9.59 Å². The predicted octanol–water partition coefficient (Wildman–Crippen LogP) is 1.45. The molecule has 0 bridgehead atoms. The molecule has 122 valence electrons. The Morgan fingerprint density at radius 2 is 1.59 bits per heavy atom. The molecule has 0 spiro atoms. The fourth-order valence-electron chi connectivity index (χ4n) is 1.68. The molecule has 0 radical (unpaired) electrons. The van der Waals surface area contributed by atoms with Gasteiger partial charge in [0.05, 0.1) is 13.2 Å². The van der Waals surface area contributed by atoms with Gasteiger partial charge in [0.2, 0.25) is 0 Å². The number of esters is 2. The summed E-state index contributed by atoms with van der Waals surface area (Å²) in [6, 6.07) is 9.61. The van der Waals surface area contributed by atoms with Crippen molar-refractivity contribution >= 4 is 11.9 Å². The third-order valence-electron chi connectivity index (χ3n) is 2.91. The number of rotatable bonds is 9. The monoisotopic (exact) mass is 310 g/mol. The molecule has 22 heavy (non-hydrogen) atoms. The van der Waals surface area contributed by atoms with E-state index in [9.17, 15) is 14.7 Å². The first-order chi connectivity index (χ1) is 10.4. The lowest BCUT2D eigenvalue weighted by atomic mass is 10.0. The van der Waals surface area contributed by atoms with Crippen LogP contribution in [0.25, 0.3) is 0 Å². The SMILES string of the molecule is CC(=O)OCC(O)(CCOCc1ccccc1)COC(C)=O. The molecule has 0 aromatic heterocycles. The van der Waals surface area contributed by atoms with E-state index in [0.29, 0.717) is 6.61 Å². The van der Waals surface area contributed by atoms with Gasteiger partial charge < -0.3 is 19.3 Å². The maximum Gasteiger partial charge on any atom is 0.302 e. The number of hydrogen-bond donors (Lipinski definition) is 1. The van der Waals surface area contributed by atoms with Crippen LogP contribution in [0.4, 0.5) is 0 Å². The molecule has 0 atom stereocenters. The first kappa shape index (κ1) is 18.1. The van der Waals surface area contributed by atoms with Crippen LogP contribution in [-0.4, -0.2) is 42.5 Å². The van der Waals surface area contributed by atoms with Crippen LogP contribution in [0, 0.1) is 0 Å². The zero-order chi connectivity index (χ0) is 16.4. The molecule has 1 N–H and O–H groups in total. The molecule has 0 amide bonds. The molecule has 0 heterocycles. The highest BCUT2D eigenvalue weighted by Crippen LogP contribution is 2.13. The molecule has 6 nitrogen and oxygen atoms in total. The average Bonchev–Trinajstić information content (AvgIpc) is 2.49. The standard InChI is InChI=1S/C16H22O6/c1-13(17)21-11-16(19,12-22-14(2)18)8-9-20-10-15-6-4-3-5-7-15/h3-7,19H,8-12H2,1-2H3. The van der Waals surface area contributed by atoms with Crippen LogP contribution in [0.3, 0.4) is 0 Å². The van der Waals surface area contributed by atoms with E-state index in [1.54, 1.807) is 0 Å². The molecule has 0 fully saturated rings. The Morgan fingerprint density at radius 3 is 2.09 bits per heavy atom. The van der Waals surface area contributed by atoms with Crippen molar-refractivity contribution in [3.05, 3.63) is 35.9 Å². The molecule has 0 saturated heterocycles. The number of benzene rings is 1. The van der Waals surface area contributed by atoms with Crippen LogP contribution < -0.4 is 0 Å². The van der Waals surface area contributed by atoms with Gasteiger partial charge in [0.1, 0.15) is 18.8 Å². The zero-order valence-corrected chi connectivity index (χ0v) is 12.9. The minimum absolute atomic E-state index is 0.181. The summed E-state index contributed by atoms with van der Waals surface area (Å²) in [4.78, 5) is 21.7. The third-order valence-corrected chi connectivity index (χ3v) is 2.91. The quantitative estimate of drug-likeness (QED) is 0.549. The summed E-state index contributed by atoms with van der Waals surface area (Å²) in [6.45, 7) is 2.66. The van der Waals surface area contributed by atoms with Crippen LogP contribution in [-0.2, 0) is 30.4 Å². The average molecular weight is 310 g/mol. The summed E-state index contributed by atoms with van der Waals surface area (Å²) >= 11 is 0. The van der Waals surface area contributed by atoms with E-state index in [1.165, 1.54) is 13.8 Å². The Hall–Kier alpha value is -1.92. The molecule has 1 aromatic carbocycles. The highest BCUT2D eigenvalue weighted by atomic mass is 16.6. The van der Waals surface area contributed by atoms with Gasteiger partial charge in [0.15, 0.2) is 0 Å². The lowest BCUT2D eigenvalue weighted by Crippen LogP contribution is -2.42. The molecule has 0 aliphatic carbocycles. The van der Waals surface area contributed by atoms with Crippen LogP contribution in [0.2, 0.25) is 0 Å². The molecule has 0 aliphatic heterocycles. The van der Waals surface area contributed by atoms with Gasteiger partial charge >= 0.3 is 11.9 Å². The maximum absolute atomic E-state index is 10.9. The molecule has 0 saturated carbocycles. The second-order valence-electron chi connectivity index (χ2n) is 5.07. The van der Waals surface area contributed by atoms with Crippen molar-refractivity contribution in [2.24, 2.45) is 0 Å². The summed E-state index contributed by atoms with van der Waals surface area (Å²) in [5, 5.41) is 10.4. The van der Waals surface area contributed by atoms with Crippen molar-refractivity contribution in [1.29, 1.82) is 0 Å². The summed E-state index contributed by atoms with van der Waals surface area (Å²) < 4.78 is 15.1. The van der Waals surface area contributed by atoms with Gasteiger partial charge in [-0.1, -0.05) is 30.3 Å². The first-order valence-corrected chi connectivity index (χ1v) is 7.02. The Kier molecular flexibility index (Phi) is 7.56. The predicted molar refractivity (Wildman–Crippen MR) is 78.9 cm³/mol. The number of ether oxygens (including phenoxy) is 3. The first-order valence-electron chi connectivity index (χ1n) is 7.02. The Balaban J connectivity index is 2.41. The Morgan fingerprint density at radius 1 is 1.05 bits per heavy atom. The van der Waals surface area contributed by atoms with Crippen LogP contribution >= 0.6 is 0 Å². The summed E-state index contributed by atoms with van der Waals surface area (Å²) in [7, 11) is 0. The minimum atomic E-state index is -1.45. The summed E-state index contributed by atoms with van der Waals surface area (Å²) in [6.07, 6.45) is 0.181. The summed E-state index contributed by atoms with van der Waals surface area (Å²) in [5.41, 5.74) is -0.431. The van der Waals surface area contributed by atoms with Crippen molar-refractivity contribution in [3.8, 4) is 0 Å². The highest BCUT2D eigenvalue weighted by molar-refractivity contribution is 5.66. The zero-order valence-electron chi connectivity index (χ0n) is 12.9. The normalized spacial score (nSPS) is 11.0. The molecular formula is C16H22O6. The fraction of sp³-hybridized carbons (Fsp3) is 0.500. The van der Waals surface area contributed by atoms with Crippen molar-refractivity contribution in [2.75, 3.05) is 19.8 Å². The molecule has 0 unspecified atom stereocenters. The lowest BCUT2D eigenvalue weighted by Gasteiger charge is -2.26. The number of aliphatic hydroxyl groups is 1. The van der Waals surface area contributed by atoms with Gasteiger partial charge in [-0.15, -0.1) is 0 Å². The molecular weight excluding hydrogens is 288 g/mol. The number of hydrogen-bond acceptors (Lipinski definition) is 6. The smallest absolute Gasteiger partial charge is 0.302 e. The maximum atomic E-state index is 10.9. The molecule has 6 heteroatoms. The van der Waals surface area contributed by atoms with Crippen LogP contribution in [0.15, 0.2) is 30.3 Å². The highest BCUT2D eigenvalue weighted by Gasteiger charge is 2.30. The van der Waals surface area contributed by atoms with E-state index >= 15 is 0 Å². The van der Waals surface area contributed by atoms with E-state index in [2.05, 4.69) is 0 Å². The second-order valence-corrected chi connectivity index (χ2v) is 5.07. The second kappa shape index (κ2) is 9.17. The van der Waals surface area contributed by atoms with Crippen molar-refractivity contribution < 1.29 is 28.9 Å². The van der Waals surface area contributed by atoms with Crippen molar-refractivity contribution in [3.63, 3.8) is 0 Å². The number of carbonyl (C=O) groups is 2. The van der Waals surface area contributed by atoms with E-state index in [1.807, 2.05) is 30.3 Å².